The van der Waals surface area contributed by atoms with E-state index >= 15 is 19.2 Å². The molecule has 17 unspecified atom stereocenters. The Kier molecular flexibility index (Phi) is 26.1. The summed E-state index contributed by atoms with van der Waals surface area (Å²) in [6, 6.07) is 9.12. The molecule has 17 atom stereocenters. The highest BCUT2D eigenvalue weighted by Gasteiger charge is 2.75. The molecule has 0 radical (unpaired) electrons. The quantitative estimate of drug-likeness (QED) is 0.0316. The zero-order valence-electron chi connectivity index (χ0n) is 66.3. The van der Waals surface area contributed by atoms with Gasteiger partial charge in [-0.05, 0) is 181 Å². The van der Waals surface area contributed by atoms with Crippen LogP contribution in [0.2, 0.25) is 5.02 Å². The highest BCUT2D eigenvalue weighted by atomic mass is 35.5. The molecule has 4 aliphatic carbocycles. The molecular weight excluding hydrogens is 1560 g/mol. The molecule has 10 amide bonds. The van der Waals surface area contributed by atoms with Crippen LogP contribution in [0, 0.1) is 29.1 Å². The second-order valence-corrected chi connectivity index (χ2v) is 32.1. The number of nitrogens with two attached hydrogens (primary N) is 2. The number of likely N-dealkylation sites (N-methyl/N-ethyl adjacent to an activating group) is 2. The minimum absolute atomic E-state index is 0.0165. The van der Waals surface area contributed by atoms with Gasteiger partial charge in [-0.2, -0.15) is 0 Å². The summed E-state index contributed by atoms with van der Waals surface area (Å²) in [6.45, 7) is 8.29. The molecule has 9 bridgehead atoms. The number of carbonyl (C=O) groups is 9. The van der Waals surface area contributed by atoms with E-state index in [1.54, 1.807) is 19.2 Å². The van der Waals surface area contributed by atoms with Gasteiger partial charge in [0, 0.05) is 42.7 Å². The van der Waals surface area contributed by atoms with Crippen LogP contribution in [-0.4, -0.2) is 178 Å². The number of unbranched alkanes of at least 4 members (excludes halogenated alkanes) is 1. The van der Waals surface area contributed by atoms with E-state index in [1.165, 1.54) is 73.8 Å². The molecule has 9 aliphatic rings. The van der Waals surface area contributed by atoms with Crippen molar-refractivity contribution in [3.05, 3.63) is 147 Å². The number of phenolic OH excluding ortho intramolecular Hbond substituents is 1. The van der Waals surface area contributed by atoms with Gasteiger partial charge in [-0.3, -0.25) is 43.7 Å². The molecule has 6 aromatic rings. The third-order valence-electron chi connectivity index (χ3n) is 23.7. The van der Waals surface area contributed by atoms with Gasteiger partial charge in [0.05, 0.1) is 48.4 Å². The SMILES string of the molecule is CCCCOc1ccc(OCCNC)c(NC(=O)NC(=O)CC2NC(=O)C(NC(=O)C(CC(C)C)NC)C(O)c3ccc(cc3)Oc3cc4cc(c3OC3CC(O)C(O)C(CN)O3)Oc3ccc(cc3Cl)C(O)CC(=O)NC(C(=O)NC3C5CCC56C(CC)CC36)c3cc(O)cc5c3-c3cc(ccc3C5(O)O)C(C(N)=O)NC(=O)C4NC2=O)c1. The number of imide groups is 1. The molecule has 1 saturated heterocycles. The number of urea groups is 1. The average Bonchev–Trinajstić information content (AvgIpc) is 0.718. The number of phenols is 1. The summed E-state index contributed by atoms with van der Waals surface area (Å²) in [5, 5.41) is 110. The molecule has 35 heteroatoms. The van der Waals surface area contributed by atoms with E-state index in [2.05, 4.69) is 60.1 Å². The number of nitrogens with one attached hydrogen (secondary N) is 10. The monoisotopic (exact) mass is 1660 g/mol. The van der Waals surface area contributed by atoms with E-state index in [-0.39, 0.29) is 127 Å². The van der Waals surface area contributed by atoms with Crippen LogP contribution < -0.4 is 88.3 Å². The maximum Gasteiger partial charge on any atom is 0.325 e. The molecule has 15 rings (SSSR count). The number of rotatable bonds is 23. The van der Waals surface area contributed by atoms with Gasteiger partial charge in [-0.25, -0.2) is 4.79 Å². The van der Waals surface area contributed by atoms with E-state index < -0.39 is 174 Å². The number of carbonyl (C=O) groups excluding carboxylic acids is 9. The van der Waals surface area contributed by atoms with Gasteiger partial charge in [0.15, 0.2) is 11.5 Å². The highest BCUT2D eigenvalue weighted by molar-refractivity contribution is 6.32. The Labute approximate surface area is 689 Å². The zero-order chi connectivity index (χ0) is 85.2. The second kappa shape index (κ2) is 36.0. The summed E-state index contributed by atoms with van der Waals surface area (Å²) in [5.74, 6) is -13.2. The molecule has 1 spiro atoms. The fourth-order valence-corrected chi connectivity index (χ4v) is 17.7. The van der Waals surface area contributed by atoms with Crippen LogP contribution in [0.1, 0.15) is 161 Å². The molecule has 34 nitrogen and oxygen atoms in total. The van der Waals surface area contributed by atoms with Crippen molar-refractivity contribution in [1.82, 2.24) is 47.9 Å². The van der Waals surface area contributed by atoms with E-state index in [0.717, 1.165) is 56.4 Å². The van der Waals surface area contributed by atoms with Crippen molar-refractivity contribution in [2.75, 3.05) is 45.7 Å². The highest BCUT2D eigenvalue weighted by Crippen LogP contribution is 2.77. The number of fused-ring (bicyclic) bond motifs is 16. The summed E-state index contributed by atoms with van der Waals surface area (Å²) in [6.07, 6.45) is -6.49. The third-order valence-corrected chi connectivity index (χ3v) is 24.0. The topological polar surface area (TPSA) is 523 Å². The Bertz CT molecular complexity index is 4870. The first-order valence-electron chi connectivity index (χ1n) is 39.9. The minimum atomic E-state index is -2.98. The summed E-state index contributed by atoms with van der Waals surface area (Å²) in [7, 11) is 3.21. The van der Waals surface area contributed by atoms with Crippen LogP contribution in [0.15, 0.2) is 103 Å². The van der Waals surface area contributed by atoms with Gasteiger partial charge in [0.1, 0.15) is 83.9 Å². The van der Waals surface area contributed by atoms with Gasteiger partial charge in [-0.1, -0.05) is 82.5 Å². The van der Waals surface area contributed by atoms with E-state index in [0.29, 0.717) is 31.2 Å². The molecule has 636 valence electrons. The number of amides is 10. The molecule has 5 heterocycles. The fraction of sp³-hybridized carbons (Fsp3) is 0.464. The Balaban J connectivity index is 0.964. The van der Waals surface area contributed by atoms with E-state index in [1.807, 2.05) is 20.8 Å². The number of primary amides is 1. The maximum absolute atomic E-state index is 16.3. The lowest BCUT2D eigenvalue weighted by Gasteiger charge is -2.79. The average molecular weight is 1670 g/mol. The van der Waals surface area contributed by atoms with Gasteiger partial charge < -0.3 is 123 Å². The lowest BCUT2D eigenvalue weighted by Crippen LogP contribution is -2.79. The molecule has 5 aliphatic heterocycles. The predicted molar refractivity (Wildman–Crippen MR) is 428 cm³/mol. The van der Waals surface area contributed by atoms with Crippen LogP contribution >= 0.6 is 11.6 Å². The Morgan fingerprint density at radius 1 is 0.748 bits per heavy atom. The van der Waals surface area contributed by atoms with Crippen LogP contribution in [0.25, 0.3) is 11.1 Å². The first-order valence-corrected chi connectivity index (χ1v) is 40.3. The zero-order valence-corrected chi connectivity index (χ0v) is 67.1. The number of anilines is 1. The second-order valence-electron chi connectivity index (χ2n) is 31.7. The summed E-state index contributed by atoms with van der Waals surface area (Å²) < 4.78 is 37.9. The molecule has 0 aromatic heterocycles. The molecule has 21 N–H and O–H groups in total. The van der Waals surface area contributed by atoms with E-state index in [4.69, 9.17) is 51.5 Å². The van der Waals surface area contributed by atoms with Crippen molar-refractivity contribution < 1.29 is 107 Å². The number of ether oxygens (including phenoxy) is 6. The standard InChI is InChI=1S/C84H101ClN12O22/c1-7-9-23-114-46-16-19-60(115-24-22-88-5)54(33-46)91-82(111)93-64(101)34-56-78(107)95-69-42-28-61(116-45-14-10-39(11-15-45)73(103)72(81(110)90-56)97-77(106)55(89-6)25-38(3)4)75(119-66-36-58(100)74(104)63(37-86)118-66)62(29-42)117-59-18-13-40(27-53(59)85)57(99)35-65(102)92-70(80(109)96-71-50-20-21-83(50)43(8-2)30-52(71)83)48-31-44(98)32-51-67(48)47-26-41(12-17-49(47)84(51,112)113)68(76(87)105)94-79(69)108/h10-19,26-29,31-33,38,43,50,52,55-58,63,66,68-74,88-89,98-100,103-104,112-113H,7-9,20-25,30,34-37,86H2,1-6H3,(H2,87,105)(H,90,110)(H,92,102)(H,94,108)(H,95,107)(H,96,109)(H,97,106)(H2,91,93,101,111). The number of hydrogen-bond acceptors (Lipinski definition) is 25. The van der Waals surface area contributed by atoms with Gasteiger partial charge in [0.25, 0.3) is 0 Å². The number of aromatic hydroxyl groups is 1. The molecule has 3 saturated carbocycles. The number of halogens is 1. The number of benzene rings is 6. The molecule has 119 heavy (non-hydrogen) atoms. The first-order chi connectivity index (χ1) is 56.9. The Morgan fingerprint density at radius 2 is 1.49 bits per heavy atom. The fourth-order valence-electron chi connectivity index (χ4n) is 17.5. The third kappa shape index (κ3) is 17.8. The number of aliphatic hydroxyl groups is 6. The van der Waals surface area contributed by atoms with E-state index in [9.17, 15) is 59.7 Å². The molecule has 6 aromatic carbocycles. The van der Waals surface area contributed by atoms with Crippen LogP contribution in [0.5, 0.6) is 46.0 Å². The first kappa shape index (κ1) is 86.1. The predicted octanol–water partition coefficient (Wildman–Crippen LogP) is 4.17. The van der Waals surface area contributed by atoms with Crippen molar-refractivity contribution >= 4 is 70.6 Å². The number of aliphatic hydroxyl groups excluding tert-OH is 4. The lowest BCUT2D eigenvalue weighted by atomic mass is 9.27. The van der Waals surface area contributed by atoms with Gasteiger partial charge in [-0.15, -0.1) is 0 Å². The number of hydrogen-bond donors (Lipinski definition) is 19. The lowest BCUT2D eigenvalue weighted by molar-refractivity contribution is -0.284. The largest absolute Gasteiger partial charge is 0.508 e. The normalized spacial score (nSPS) is 26.8. The minimum Gasteiger partial charge on any atom is -0.508 e. The Morgan fingerprint density at radius 3 is 2.16 bits per heavy atom. The summed E-state index contributed by atoms with van der Waals surface area (Å²) in [4.78, 5) is 136. The van der Waals surface area contributed by atoms with Crippen molar-refractivity contribution in [3.63, 3.8) is 0 Å². The Hall–Kier alpha value is -10.8. The summed E-state index contributed by atoms with van der Waals surface area (Å²) in [5.41, 5.74) is 10.8. The van der Waals surface area contributed by atoms with Crippen LogP contribution in [-0.2, 0) is 48.9 Å². The van der Waals surface area contributed by atoms with Crippen LogP contribution in [0.4, 0.5) is 10.5 Å². The molecular formula is C84H101ClN12O22. The molecule has 4 fully saturated rings. The van der Waals surface area contributed by atoms with Crippen molar-refractivity contribution in [3.8, 4) is 57.1 Å². The summed E-state index contributed by atoms with van der Waals surface area (Å²) >= 11 is 7.15. The maximum atomic E-state index is 16.3. The van der Waals surface area contributed by atoms with Crippen molar-refractivity contribution in [1.29, 1.82) is 0 Å². The van der Waals surface area contributed by atoms with Gasteiger partial charge >= 0.3 is 6.03 Å². The van der Waals surface area contributed by atoms with Crippen molar-refractivity contribution in [2.24, 2.45) is 40.6 Å². The smallest absolute Gasteiger partial charge is 0.325 e. The van der Waals surface area contributed by atoms with Crippen molar-refractivity contribution in [2.45, 2.75) is 177 Å². The van der Waals surface area contributed by atoms with Gasteiger partial charge in [0.2, 0.25) is 65.1 Å². The van der Waals surface area contributed by atoms with Crippen LogP contribution in [0.3, 0.4) is 0 Å².